The normalized spacial score (nSPS) is 17.1. The van der Waals surface area contributed by atoms with E-state index in [9.17, 15) is 0 Å². The van der Waals surface area contributed by atoms with Gasteiger partial charge in [0.25, 0.3) is 0 Å². The van der Waals surface area contributed by atoms with E-state index in [0.717, 1.165) is 12.2 Å². The second-order valence-corrected chi connectivity index (χ2v) is 4.56. The van der Waals surface area contributed by atoms with E-state index in [1.807, 2.05) is 18.2 Å². The van der Waals surface area contributed by atoms with E-state index >= 15 is 0 Å². The molecule has 0 spiro atoms. The van der Waals surface area contributed by atoms with Crippen molar-refractivity contribution in [3.63, 3.8) is 0 Å². The van der Waals surface area contributed by atoms with E-state index in [-0.39, 0.29) is 6.10 Å². The Hall–Kier alpha value is -1.81. The van der Waals surface area contributed by atoms with Crippen LogP contribution < -0.4 is 10.1 Å². The molecule has 1 unspecified atom stereocenters. The highest BCUT2D eigenvalue weighted by Gasteiger charge is 2.21. The Labute approximate surface area is 110 Å². The zero-order chi connectivity index (χ0) is 12.4. The van der Waals surface area contributed by atoms with Crippen molar-refractivity contribution in [1.82, 2.24) is 10.2 Å². The van der Waals surface area contributed by atoms with E-state index in [0.29, 0.717) is 17.5 Å². The van der Waals surface area contributed by atoms with Crippen LogP contribution in [0.2, 0.25) is 5.15 Å². The number of ether oxygens (including phenoxy) is 1. The molecule has 1 aromatic heterocycles. The number of fused-ring (bicyclic) bond motifs is 1. The smallest absolute Gasteiger partial charge is 0.151 e. The lowest BCUT2D eigenvalue weighted by atomic mass is 10.1. The van der Waals surface area contributed by atoms with Crippen LogP contribution in [0, 0.1) is 0 Å². The first kappa shape index (κ1) is 11.3. The summed E-state index contributed by atoms with van der Waals surface area (Å²) in [6, 6.07) is 11.6. The predicted molar refractivity (Wildman–Crippen MR) is 70.1 cm³/mol. The Balaban J connectivity index is 1.58. The number of nitrogens with one attached hydrogen (secondary N) is 1. The van der Waals surface area contributed by atoms with E-state index in [1.54, 1.807) is 12.1 Å². The molecule has 0 bridgehead atoms. The van der Waals surface area contributed by atoms with Crippen LogP contribution in [0.5, 0.6) is 5.75 Å². The molecule has 18 heavy (non-hydrogen) atoms. The number of anilines is 1. The minimum Gasteiger partial charge on any atom is -0.488 e. The van der Waals surface area contributed by atoms with Gasteiger partial charge in [-0.3, -0.25) is 0 Å². The predicted octanol–water partition coefficient (Wildman–Crippen LogP) is 2.55. The van der Waals surface area contributed by atoms with Crippen molar-refractivity contribution in [3.8, 4) is 5.75 Å². The molecule has 3 rings (SSSR count). The third-order valence-electron chi connectivity index (χ3n) is 2.86. The van der Waals surface area contributed by atoms with Gasteiger partial charge in [-0.1, -0.05) is 29.8 Å². The van der Waals surface area contributed by atoms with Gasteiger partial charge < -0.3 is 10.1 Å². The maximum Gasteiger partial charge on any atom is 0.151 e. The molecule has 5 heteroatoms. The minimum absolute atomic E-state index is 0.139. The van der Waals surface area contributed by atoms with Crippen LogP contribution in [-0.4, -0.2) is 22.8 Å². The fourth-order valence-electron chi connectivity index (χ4n) is 2.00. The summed E-state index contributed by atoms with van der Waals surface area (Å²) in [7, 11) is 0. The van der Waals surface area contributed by atoms with Gasteiger partial charge in [0.1, 0.15) is 17.7 Å². The van der Waals surface area contributed by atoms with E-state index in [1.165, 1.54) is 5.56 Å². The number of rotatable bonds is 3. The number of hydrogen-bond donors (Lipinski definition) is 1. The second kappa shape index (κ2) is 4.82. The number of aromatic nitrogens is 2. The largest absolute Gasteiger partial charge is 0.488 e. The number of benzene rings is 1. The zero-order valence-electron chi connectivity index (χ0n) is 9.64. The zero-order valence-corrected chi connectivity index (χ0v) is 10.4. The van der Waals surface area contributed by atoms with Gasteiger partial charge in [0.05, 0.1) is 6.54 Å². The lowest BCUT2D eigenvalue weighted by Gasteiger charge is -2.11. The van der Waals surface area contributed by atoms with Crippen LogP contribution >= 0.6 is 11.6 Å². The molecule has 0 amide bonds. The van der Waals surface area contributed by atoms with Crippen molar-refractivity contribution in [3.05, 3.63) is 47.1 Å². The van der Waals surface area contributed by atoms with Crippen molar-refractivity contribution in [2.45, 2.75) is 12.5 Å². The van der Waals surface area contributed by atoms with E-state index in [4.69, 9.17) is 16.3 Å². The minimum atomic E-state index is 0.139. The first-order valence-corrected chi connectivity index (χ1v) is 6.17. The number of halogens is 1. The van der Waals surface area contributed by atoms with Crippen LogP contribution in [0.15, 0.2) is 36.4 Å². The third-order valence-corrected chi connectivity index (χ3v) is 3.06. The molecule has 1 aliphatic heterocycles. The first-order chi connectivity index (χ1) is 8.81. The van der Waals surface area contributed by atoms with Gasteiger partial charge >= 0.3 is 0 Å². The quantitative estimate of drug-likeness (QED) is 0.922. The molecule has 92 valence electrons. The summed E-state index contributed by atoms with van der Waals surface area (Å²) in [6.45, 7) is 0.699. The summed E-state index contributed by atoms with van der Waals surface area (Å²) in [4.78, 5) is 0. The highest BCUT2D eigenvalue weighted by atomic mass is 35.5. The van der Waals surface area contributed by atoms with Crippen molar-refractivity contribution in [2.75, 3.05) is 11.9 Å². The Morgan fingerprint density at radius 1 is 1.22 bits per heavy atom. The standard InChI is InChI=1S/C13H12ClN3O/c14-12-5-6-13(17-16-12)15-8-10-7-9-3-1-2-4-11(9)18-10/h1-6,10H,7-8H2,(H,15,17). The molecule has 1 N–H and O–H groups in total. The maximum absolute atomic E-state index is 5.82. The lowest BCUT2D eigenvalue weighted by Crippen LogP contribution is -2.24. The number of hydrogen-bond acceptors (Lipinski definition) is 4. The summed E-state index contributed by atoms with van der Waals surface area (Å²) >= 11 is 5.67. The Kier molecular flexibility index (Phi) is 3.02. The molecule has 0 saturated carbocycles. The third kappa shape index (κ3) is 2.38. The molecule has 0 radical (unpaired) electrons. The molecule has 2 aromatic rings. The molecule has 1 aromatic carbocycles. The summed E-state index contributed by atoms with van der Waals surface area (Å²) in [5.41, 5.74) is 1.26. The van der Waals surface area contributed by atoms with E-state index in [2.05, 4.69) is 21.6 Å². The summed E-state index contributed by atoms with van der Waals surface area (Å²) < 4.78 is 5.82. The van der Waals surface area contributed by atoms with Gasteiger partial charge in [0, 0.05) is 6.42 Å². The van der Waals surface area contributed by atoms with Gasteiger partial charge in [-0.15, -0.1) is 10.2 Å². The van der Waals surface area contributed by atoms with Gasteiger partial charge in [0.2, 0.25) is 0 Å². The molecule has 0 saturated heterocycles. The average Bonchev–Trinajstić information content (AvgIpc) is 2.81. The highest BCUT2D eigenvalue weighted by Crippen LogP contribution is 2.28. The number of nitrogens with zero attached hydrogens (tertiary/aromatic N) is 2. The maximum atomic E-state index is 5.82. The molecule has 4 nitrogen and oxygen atoms in total. The second-order valence-electron chi connectivity index (χ2n) is 4.17. The Morgan fingerprint density at radius 2 is 2.11 bits per heavy atom. The SMILES string of the molecule is Clc1ccc(NCC2Cc3ccccc3O2)nn1. The summed E-state index contributed by atoms with van der Waals surface area (Å²) in [5.74, 6) is 1.69. The average molecular weight is 262 g/mol. The van der Waals surface area contributed by atoms with Crippen molar-refractivity contribution in [1.29, 1.82) is 0 Å². The lowest BCUT2D eigenvalue weighted by molar-refractivity contribution is 0.246. The van der Waals surface area contributed by atoms with Gasteiger partial charge in [0.15, 0.2) is 5.15 Å². The van der Waals surface area contributed by atoms with Crippen LogP contribution in [0.3, 0.4) is 0 Å². The number of para-hydroxylation sites is 1. The van der Waals surface area contributed by atoms with Crippen molar-refractivity contribution < 1.29 is 4.74 Å². The molecule has 1 aliphatic rings. The fourth-order valence-corrected chi connectivity index (χ4v) is 2.10. The van der Waals surface area contributed by atoms with Crippen LogP contribution in [-0.2, 0) is 6.42 Å². The molecular formula is C13H12ClN3O. The fraction of sp³-hybridized carbons (Fsp3) is 0.231. The Bertz CT molecular complexity index is 519. The molecule has 0 fully saturated rings. The van der Waals surface area contributed by atoms with Crippen LogP contribution in [0.4, 0.5) is 5.82 Å². The topological polar surface area (TPSA) is 47.0 Å². The first-order valence-electron chi connectivity index (χ1n) is 5.79. The molecule has 2 heterocycles. The van der Waals surface area contributed by atoms with Crippen LogP contribution in [0.1, 0.15) is 5.56 Å². The van der Waals surface area contributed by atoms with Gasteiger partial charge in [-0.05, 0) is 23.8 Å². The molecular weight excluding hydrogens is 250 g/mol. The summed E-state index contributed by atoms with van der Waals surface area (Å²) in [5, 5.41) is 11.3. The summed E-state index contributed by atoms with van der Waals surface area (Å²) in [6.07, 6.45) is 1.06. The highest BCUT2D eigenvalue weighted by molar-refractivity contribution is 6.29. The molecule has 1 atom stereocenters. The van der Waals surface area contributed by atoms with Crippen molar-refractivity contribution in [2.24, 2.45) is 0 Å². The Morgan fingerprint density at radius 3 is 2.89 bits per heavy atom. The molecule has 0 aliphatic carbocycles. The van der Waals surface area contributed by atoms with Crippen LogP contribution in [0.25, 0.3) is 0 Å². The van der Waals surface area contributed by atoms with E-state index < -0.39 is 0 Å². The van der Waals surface area contributed by atoms with Crippen molar-refractivity contribution >= 4 is 17.4 Å². The van der Waals surface area contributed by atoms with Gasteiger partial charge in [-0.2, -0.15) is 0 Å². The van der Waals surface area contributed by atoms with Gasteiger partial charge in [-0.25, -0.2) is 0 Å². The monoisotopic (exact) mass is 261 g/mol.